The molecular formula is C20H25BrN6. The molecule has 0 radical (unpaired) electrons. The highest BCUT2D eigenvalue weighted by Crippen LogP contribution is 2.26. The van der Waals surface area contributed by atoms with Gasteiger partial charge in [-0.05, 0) is 60.0 Å². The van der Waals surface area contributed by atoms with Crippen LogP contribution in [0, 0.1) is 0 Å². The monoisotopic (exact) mass is 428 g/mol. The van der Waals surface area contributed by atoms with E-state index >= 15 is 0 Å². The lowest BCUT2D eigenvalue weighted by Gasteiger charge is -2.25. The van der Waals surface area contributed by atoms with Crippen LogP contribution in [0.25, 0.3) is 0 Å². The molecule has 0 saturated heterocycles. The van der Waals surface area contributed by atoms with Gasteiger partial charge < -0.3 is 5.73 Å². The SMILES string of the molecule is CC(C)(C)n1nnnc1C(NCc1cccc(CN)c1)c1cccc(Br)c1. The maximum atomic E-state index is 5.77. The summed E-state index contributed by atoms with van der Waals surface area (Å²) in [7, 11) is 0. The molecule has 1 unspecified atom stereocenters. The minimum atomic E-state index is -0.218. The third-order valence-electron chi connectivity index (χ3n) is 4.31. The van der Waals surface area contributed by atoms with E-state index in [1.807, 2.05) is 28.9 Å². The summed E-state index contributed by atoms with van der Waals surface area (Å²) < 4.78 is 2.90. The molecule has 1 aromatic heterocycles. The lowest BCUT2D eigenvalue weighted by Crippen LogP contribution is -2.32. The van der Waals surface area contributed by atoms with Crippen LogP contribution in [0.4, 0.5) is 0 Å². The Labute approximate surface area is 168 Å². The first-order chi connectivity index (χ1) is 12.9. The molecule has 6 nitrogen and oxygen atoms in total. The van der Waals surface area contributed by atoms with Crippen LogP contribution >= 0.6 is 15.9 Å². The number of nitrogens with zero attached hydrogens (tertiary/aromatic N) is 4. The normalized spacial score (nSPS) is 12.9. The van der Waals surface area contributed by atoms with E-state index in [0.29, 0.717) is 13.1 Å². The van der Waals surface area contributed by atoms with Crippen LogP contribution in [0.3, 0.4) is 0 Å². The standard InChI is InChI=1S/C20H25BrN6/c1-20(2,3)27-19(24-25-26-27)18(16-8-5-9-17(21)11-16)23-13-15-7-4-6-14(10-15)12-22/h4-11,18,23H,12-13,22H2,1-3H3. The van der Waals surface area contributed by atoms with Gasteiger partial charge in [0.15, 0.2) is 5.82 Å². The van der Waals surface area contributed by atoms with Gasteiger partial charge in [0, 0.05) is 17.6 Å². The molecule has 0 fully saturated rings. The van der Waals surface area contributed by atoms with E-state index in [1.165, 1.54) is 5.56 Å². The van der Waals surface area contributed by atoms with Gasteiger partial charge in [-0.15, -0.1) is 5.10 Å². The summed E-state index contributed by atoms with van der Waals surface area (Å²) in [6, 6.07) is 16.4. The van der Waals surface area contributed by atoms with Crippen molar-refractivity contribution in [1.82, 2.24) is 25.5 Å². The highest BCUT2D eigenvalue weighted by atomic mass is 79.9. The van der Waals surface area contributed by atoms with Crippen molar-refractivity contribution in [3.63, 3.8) is 0 Å². The van der Waals surface area contributed by atoms with Crippen LogP contribution < -0.4 is 11.1 Å². The van der Waals surface area contributed by atoms with Crippen molar-refractivity contribution in [2.45, 2.75) is 45.4 Å². The summed E-state index contributed by atoms with van der Waals surface area (Å²) in [6.45, 7) is 7.49. The van der Waals surface area contributed by atoms with Crippen molar-refractivity contribution in [3.8, 4) is 0 Å². The van der Waals surface area contributed by atoms with Gasteiger partial charge in [-0.25, -0.2) is 4.68 Å². The molecule has 0 saturated carbocycles. The summed E-state index contributed by atoms with van der Waals surface area (Å²) >= 11 is 3.57. The Hall–Kier alpha value is -2.09. The summed E-state index contributed by atoms with van der Waals surface area (Å²) in [4.78, 5) is 0. The summed E-state index contributed by atoms with van der Waals surface area (Å²) in [5.41, 5.74) is 8.94. The average molecular weight is 429 g/mol. The molecule has 0 spiro atoms. The van der Waals surface area contributed by atoms with Crippen LogP contribution in [0.5, 0.6) is 0 Å². The Kier molecular flexibility index (Phi) is 6.04. The van der Waals surface area contributed by atoms with Crippen molar-refractivity contribution in [1.29, 1.82) is 0 Å². The summed E-state index contributed by atoms with van der Waals surface area (Å²) in [6.07, 6.45) is 0. The van der Waals surface area contributed by atoms with Crippen LogP contribution in [0.2, 0.25) is 0 Å². The van der Waals surface area contributed by atoms with Gasteiger partial charge in [-0.3, -0.25) is 5.32 Å². The Morgan fingerprint density at radius 2 is 1.85 bits per heavy atom. The van der Waals surface area contributed by atoms with Crippen molar-refractivity contribution in [3.05, 3.63) is 75.5 Å². The van der Waals surface area contributed by atoms with Crippen LogP contribution in [-0.4, -0.2) is 20.2 Å². The number of hydrogen-bond donors (Lipinski definition) is 2. The van der Waals surface area contributed by atoms with E-state index in [1.54, 1.807) is 0 Å². The number of hydrogen-bond acceptors (Lipinski definition) is 5. The van der Waals surface area contributed by atoms with Gasteiger partial charge in [-0.2, -0.15) is 0 Å². The summed E-state index contributed by atoms with van der Waals surface area (Å²) in [5.74, 6) is 0.788. The second-order valence-corrected chi connectivity index (χ2v) is 8.43. The zero-order valence-corrected chi connectivity index (χ0v) is 17.4. The number of rotatable bonds is 6. The van der Waals surface area contributed by atoms with Gasteiger partial charge in [0.2, 0.25) is 0 Å². The average Bonchev–Trinajstić information content (AvgIpc) is 3.12. The fourth-order valence-corrected chi connectivity index (χ4v) is 3.40. The molecule has 27 heavy (non-hydrogen) atoms. The van der Waals surface area contributed by atoms with Crippen LogP contribution in [-0.2, 0) is 18.6 Å². The molecule has 142 valence electrons. The summed E-state index contributed by atoms with van der Waals surface area (Å²) in [5, 5.41) is 16.1. The zero-order chi connectivity index (χ0) is 19.4. The highest BCUT2D eigenvalue weighted by Gasteiger charge is 2.26. The molecule has 3 N–H and O–H groups in total. The van der Waals surface area contributed by atoms with E-state index in [9.17, 15) is 0 Å². The van der Waals surface area contributed by atoms with Crippen molar-refractivity contribution >= 4 is 15.9 Å². The lowest BCUT2D eigenvalue weighted by atomic mass is 10.0. The number of aromatic nitrogens is 4. The molecule has 0 amide bonds. The molecule has 7 heteroatoms. The Morgan fingerprint density at radius 1 is 1.11 bits per heavy atom. The molecule has 0 aliphatic rings. The molecule has 1 atom stereocenters. The third kappa shape index (κ3) is 4.80. The first-order valence-corrected chi connectivity index (χ1v) is 9.73. The maximum Gasteiger partial charge on any atom is 0.173 e. The zero-order valence-electron chi connectivity index (χ0n) is 15.9. The van der Waals surface area contributed by atoms with Gasteiger partial charge in [0.05, 0.1) is 11.6 Å². The largest absolute Gasteiger partial charge is 0.326 e. The van der Waals surface area contributed by atoms with Gasteiger partial charge in [0.1, 0.15) is 0 Å². The van der Waals surface area contributed by atoms with Crippen LogP contribution in [0.1, 0.15) is 49.3 Å². The van der Waals surface area contributed by atoms with Crippen molar-refractivity contribution in [2.75, 3.05) is 0 Å². The second-order valence-electron chi connectivity index (χ2n) is 7.51. The molecule has 2 aromatic carbocycles. The first kappa shape index (κ1) is 19.7. The van der Waals surface area contributed by atoms with E-state index in [4.69, 9.17) is 5.73 Å². The van der Waals surface area contributed by atoms with E-state index in [2.05, 4.69) is 81.8 Å². The van der Waals surface area contributed by atoms with Gasteiger partial charge >= 0.3 is 0 Å². The van der Waals surface area contributed by atoms with E-state index in [0.717, 1.165) is 21.4 Å². The fourth-order valence-electron chi connectivity index (χ4n) is 2.98. The molecule has 3 aromatic rings. The van der Waals surface area contributed by atoms with E-state index in [-0.39, 0.29) is 11.6 Å². The molecular weight excluding hydrogens is 404 g/mol. The molecule has 0 aliphatic heterocycles. The van der Waals surface area contributed by atoms with Crippen molar-refractivity contribution < 1.29 is 0 Å². The molecule has 1 heterocycles. The van der Waals surface area contributed by atoms with Crippen molar-refractivity contribution in [2.24, 2.45) is 5.73 Å². The quantitative estimate of drug-likeness (QED) is 0.627. The Morgan fingerprint density at radius 3 is 2.56 bits per heavy atom. The maximum absolute atomic E-state index is 5.77. The minimum absolute atomic E-state index is 0.141. The third-order valence-corrected chi connectivity index (χ3v) is 4.80. The number of benzene rings is 2. The minimum Gasteiger partial charge on any atom is -0.326 e. The smallest absolute Gasteiger partial charge is 0.173 e. The Bertz CT molecular complexity index is 899. The van der Waals surface area contributed by atoms with Crippen LogP contribution in [0.15, 0.2) is 53.0 Å². The van der Waals surface area contributed by atoms with E-state index < -0.39 is 0 Å². The number of halogens is 1. The predicted octanol–water partition coefficient (Wildman–Crippen LogP) is 3.53. The van der Waals surface area contributed by atoms with Gasteiger partial charge in [-0.1, -0.05) is 52.3 Å². The lowest BCUT2D eigenvalue weighted by molar-refractivity contribution is 0.325. The topological polar surface area (TPSA) is 81.7 Å². The number of tetrazole rings is 1. The molecule has 0 aliphatic carbocycles. The Balaban J connectivity index is 1.95. The highest BCUT2D eigenvalue weighted by molar-refractivity contribution is 9.10. The number of nitrogens with two attached hydrogens (primary N) is 1. The predicted molar refractivity (Wildman–Crippen MR) is 110 cm³/mol. The number of nitrogens with one attached hydrogen (secondary N) is 1. The second kappa shape index (κ2) is 8.29. The van der Waals surface area contributed by atoms with Gasteiger partial charge in [0.25, 0.3) is 0 Å². The molecule has 0 bridgehead atoms. The fraction of sp³-hybridized carbons (Fsp3) is 0.350. The first-order valence-electron chi connectivity index (χ1n) is 8.94. The molecule has 3 rings (SSSR count).